The van der Waals surface area contributed by atoms with E-state index in [0.29, 0.717) is 0 Å². The Labute approximate surface area is 197 Å². The summed E-state index contributed by atoms with van der Waals surface area (Å²) in [6, 6.07) is 15.3. The molecular formula is C27H37FN4O. The smallest absolute Gasteiger partial charge is 0.223 e. The second kappa shape index (κ2) is 11.1. The molecule has 178 valence electrons. The standard InChI is InChI=1S/C27H37FN4O/c1-3-30-15-17-32(18-16-30)26-10-9-24(28)19-25(26)21(2)29-27(33)23-11-13-31(14-12-23)20-22-7-5-4-6-8-22/h4-10,19,21,23H,3,11-18,20H2,1-2H3,(H,29,33). The van der Waals surface area contributed by atoms with Crippen LogP contribution in [0.15, 0.2) is 48.5 Å². The minimum Gasteiger partial charge on any atom is -0.369 e. The van der Waals surface area contributed by atoms with Crippen LogP contribution in [0.25, 0.3) is 0 Å². The van der Waals surface area contributed by atoms with Gasteiger partial charge in [0.15, 0.2) is 0 Å². The number of nitrogens with zero attached hydrogens (tertiary/aromatic N) is 3. The Balaban J connectivity index is 1.34. The summed E-state index contributed by atoms with van der Waals surface area (Å²) in [5, 5.41) is 3.20. The van der Waals surface area contributed by atoms with Crippen molar-refractivity contribution in [1.82, 2.24) is 15.1 Å². The summed E-state index contributed by atoms with van der Waals surface area (Å²) in [4.78, 5) is 20.2. The number of hydrogen-bond acceptors (Lipinski definition) is 4. The zero-order valence-electron chi connectivity index (χ0n) is 20.0. The first-order valence-electron chi connectivity index (χ1n) is 12.4. The predicted molar refractivity (Wildman–Crippen MR) is 132 cm³/mol. The van der Waals surface area contributed by atoms with Crippen molar-refractivity contribution in [3.05, 3.63) is 65.5 Å². The molecule has 2 saturated heterocycles. The molecule has 0 radical (unpaired) electrons. The summed E-state index contributed by atoms with van der Waals surface area (Å²) in [5.74, 6) is -0.145. The normalized spacial score (nSPS) is 19.4. The minimum atomic E-state index is -0.253. The first-order chi connectivity index (χ1) is 16.0. The van der Waals surface area contributed by atoms with Gasteiger partial charge in [-0.1, -0.05) is 37.3 Å². The fourth-order valence-electron chi connectivity index (χ4n) is 5.07. The molecule has 0 spiro atoms. The first kappa shape index (κ1) is 23.7. The Hall–Kier alpha value is -2.44. The highest BCUT2D eigenvalue weighted by Gasteiger charge is 2.27. The quantitative estimate of drug-likeness (QED) is 0.688. The maximum Gasteiger partial charge on any atom is 0.223 e. The number of rotatable bonds is 7. The zero-order valence-corrected chi connectivity index (χ0v) is 20.0. The molecule has 5 nitrogen and oxygen atoms in total. The number of carbonyl (C=O) groups is 1. The molecule has 2 aromatic carbocycles. The van der Waals surface area contributed by atoms with Gasteiger partial charge in [-0.15, -0.1) is 0 Å². The topological polar surface area (TPSA) is 38.8 Å². The number of piperidine rings is 1. The number of nitrogens with one attached hydrogen (secondary N) is 1. The summed E-state index contributed by atoms with van der Waals surface area (Å²) >= 11 is 0. The van der Waals surface area contributed by atoms with Gasteiger partial charge in [0, 0.05) is 49.9 Å². The number of likely N-dealkylation sites (tertiary alicyclic amines) is 1. The van der Waals surface area contributed by atoms with Crippen molar-refractivity contribution >= 4 is 11.6 Å². The molecule has 1 atom stereocenters. The largest absolute Gasteiger partial charge is 0.369 e. The van der Waals surface area contributed by atoms with E-state index in [0.717, 1.165) is 76.5 Å². The Morgan fingerprint density at radius 3 is 2.36 bits per heavy atom. The third kappa shape index (κ3) is 6.12. The van der Waals surface area contributed by atoms with Crippen molar-refractivity contribution < 1.29 is 9.18 Å². The van der Waals surface area contributed by atoms with Gasteiger partial charge in [0.05, 0.1) is 6.04 Å². The molecule has 2 aliphatic rings. The van der Waals surface area contributed by atoms with Gasteiger partial charge in [-0.05, 0) is 63.2 Å². The van der Waals surface area contributed by atoms with Crippen LogP contribution in [-0.4, -0.2) is 61.5 Å². The molecule has 4 rings (SSSR count). The van der Waals surface area contributed by atoms with Gasteiger partial charge in [0.2, 0.25) is 5.91 Å². The fraction of sp³-hybridized carbons (Fsp3) is 0.519. The molecule has 2 fully saturated rings. The highest BCUT2D eigenvalue weighted by molar-refractivity contribution is 5.79. The Morgan fingerprint density at radius 1 is 1.00 bits per heavy atom. The average molecular weight is 453 g/mol. The molecule has 0 aromatic heterocycles. The van der Waals surface area contributed by atoms with Gasteiger partial charge >= 0.3 is 0 Å². The van der Waals surface area contributed by atoms with Gasteiger partial charge in [0.25, 0.3) is 0 Å². The van der Waals surface area contributed by atoms with E-state index in [1.165, 1.54) is 11.6 Å². The van der Waals surface area contributed by atoms with Crippen molar-refractivity contribution in [2.45, 2.75) is 39.3 Å². The average Bonchev–Trinajstić information content (AvgIpc) is 2.85. The van der Waals surface area contributed by atoms with Crippen LogP contribution in [-0.2, 0) is 11.3 Å². The molecule has 6 heteroatoms. The summed E-state index contributed by atoms with van der Waals surface area (Å²) in [7, 11) is 0. The van der Waals surface area contributed by atoms with Gasteiger partial charge in [-0.25, -0.2) is 4.39 Å². The van der Waals surface area contributed by atoms with Crippen molar-refractivity contribution in [1.29, 1.82) is 0 Å². The van der Waals surface area contributed by atoms with Gasteiger partial charge in [0.1, 0.15) is 5.82 Å². The summed E-state index contributed by atoms with van der Waals surface area (Å²) < 4.78 is 14.2. The van der Waals surface area contributed by atoms with E-state index < -0.39 is 0 Å². The lowest BCUT2D eigenvalue weighted by molar-refractivity contribution is -0.127. The van der Waals surface area contributed by atoms with Crippen LogP contribution in [0.2, 0.25) is 0 Å². The van der Waals surface area contributed by atoms with Crippen molar-refractivity contribution in [2.75, 3.05) is 50.7 Å². The fourth-order valence-corrected chi connectivity index (χ4v) is 5.07. The van der Waals surface area contributed by atoms with Gasteiger partial charge in [-0.2, -0.15) is 0 Å². The third-order valence-electron chi connectivity index (χ3n) is 7.18. The molecule has 1 unspecified atom stereocenters. The van der Waals surface area contributed by atoms with Crippen LogP contribution < -0.4 is 10.2 Å². The summed E-state index contributed by atoms with van der Waals surface area (Å²) in [5.41, 5.74) is 3.22. The number of amides is 1. The molecule has 0 bridgehead atoms. The van der Waals surface area contributed by atoms with Crippen LogP contribution in [0, 0.1) is 11.7 Å². The molecule has 1 N–H and O–H groups in total. The minimum absolute atomic E-state index is 0.0181. The zero-order chi connectivity index (χ0) is 23.2. The second-order valence-electron chi connectivity index (χ2n) is 9.39. The molecular weight excluding hydrogens is 415 g/mol. The van der Waals surface area contributed by atoms with E-state index in [2.05, 4.69) is 51.2 Å². The van der Waals surface area contributed by atoms with Crippen molar-refractivity contribution in [2.24, 2.45) is 5.92 Å². The Kier molecular flexibility index (Phi) is 7.99. The lowest BCUT2D eigenvalue weighted by Gasteiger charge is -2.37. The predicted octanol–water partition coefficient (Wildman–Crippen LogP) is 4.06. The van der Waals surface area contributed by atoms with E-state index in [1.54, 1.807) is 6.07 Å². The molecule has 1 amide bonds. The lowest BCUT2D eigenvalue weighted by atomic mass is 9.94. The second-order valence-corrected chi connectivity index (χ2v) is 9.39. The molecule has 2 heterocycles. The lowest BCUT2D eigenvalue weighted by Crippen LogP contribution is -2.46. The Bertz CT molecular complexity index is 906. The maximum atomic E-state index is 14.2. The van der Waals surface area contributed by atoms with E-state index >= 15 is 0 Å². The van der Waals surface area contributed by atoms with Crippen LogP contribution in [0.5, 0.6) is 0 Å². The van der Waals surface area contributed by atoms with Crippen molar-refractivity contribution in [3.63, 3.8) is 0 Å². The first-order valence-corrected chi connectivity index (χ1v) is 12.4. The maximum absolute atomic E-state index is 14.2. The van der Waals surface area contributed by atoms with Crippen LogP contribution >= 0.6 is 0 Å². The molecule has 0 saturated carbocycles. The molecule has 2 aromatic rings. The number of halogens is 1. The highest BCUT2D eigenvalue weighted by atomic mass is 19.1. The monoisotopic (exact) mass is 452 g/mol. The number of hydrogen-bond donors (Lipinski definition) is 1. The van der Waals surface area contributed by atoms with Crippen LogP contribution in [0.3, 0.4) is 0 Å². The van der Waals surface area contributed by atoms with E-state index in [-0.39, 0.29) is 23.7 Å². The number of carbonyl (C=O) groups excluding carboxylic acids is 1. The number of likely N-dealkylation sites (N-methyl/N-ethyl adjacent to an activating group) is 1. The number of benzene rings is 2. The van der Waals surface area contributed by atoms with Gasteiger partial charge in [-0.3, -0.25) is 9.69 Å². The number of piperazine rings is 1. The van der Waals surface area contributed by atoms with E-state index in [9.17, 15) is 9.18 Å². The SMILES string of the molecule is CCN1CCN(c2ccc(F)cc2C(C)NC(=O)C2CCN(Cc3ccccc3)CC2)CC1. The van der Waals surface area contributed by atoms with Crippen molar-refractivity contribution in [3.8, 4) is 0 Å². The number of anilines is 1. The van der Waals surface area contributed by atoms with Crippen LogP contribution in [0.1, 0.15) is 43.9 Å². The van der Waals surface area contributed by atoms with Gasteiger partial charge < -0.3 is 15.1 Å². The molecule has 33 heavy (non-hydrogen) atoms. The van der Waals surface area contributed by atoms with Crippen LogP contribution in [0.4, 0.5) is 10.1 Å². The molecule has 0 aliphatic carbocycles. The van der Waals surface area contributed by atoms with E-state index in [4.69, 9.17) is 0 Å². The summed E-state index contributed by atoms with van der Waals surface area (Å²) in [6.07, 6.45) is 1.72. The highest BCUT2D eigenvalue weighted by Crippen LogP contribution is 2.29. The molecule has 2 aliphatic heterocycles. The van der Waals surface area contributed by atoms with E-state index in [1.807, 2.05) is 19.1 Å². The summed E-state index contributed by atoms with van der Waals surface area (Å²) in [6.45, 7) is 11.9. The Morgan fingerprint density at radius 2 is 1.70 bits per heavy atom. The third-order valence-corrected chi connectivity index (χ3v) is 7.18.